The van der Waals surface area contributed by atoms with E-state index < -0.39 is 0 Å². The van der Waals surface area contributed by atoms with E-state index in [2.05, 4.69) is 44.6 Å². The second kappa shape index (κ2) is 6.17. The number of nitrogens with zero attached hydrogens (tertiary/aromatic N) is 4. The Hall–Kier alpha value is -2.69. The van der Waals surface area contributed by atoms with Crippen LogP contribution < -0.4 is 5.32 Å². The van der Waals surface area contributed by atoms with Crippen molar-refractivity contribution in [2.45, 2.75) is 20.0 Å². The van der Waals surface area contributed by atoms with Crippen LogP contribution in [0.4, 0.5) is 5.82 Å². The first-order valence-electron chi connectivity index (χ1n) is 6.87. The normalized spacial score (nSPS) is 10.5. The van der Waals surface area contributed by atoms with Gasteiger partial charge in [-0.15, -0.1) is 0 Å². The number of aryl methyl sites for hydroxylation is 1. The van der Waals surface area contributed by atoms with Crippen molar-refractivity contribution in [3.63, 3.8) is 0 Å². The van der Waals surface area contributed by atoms with Gasteiger partial charge in [0.25, 0.3) is 0 Å². The Labute approximate surface area is 123 Å². The Balaban J connectivity index is 1.66. The highest BCUT2D eigenvalue weighted by Crippen LogP contribution is 2.10. The summed E-state index contributed by atoms with van der Waals surface area (Å²) in [4.78, 5) is 8.29. The minimum absolute atomic E-state index is 0.739. The van der Waals surface area contributed by atoms with E-state index in [1.165, 1.54) is 11.1 Å². The number of benzene rings is 1. The molecule has 0 atom stereocenters. The molecule has 0 saturated carbocycles. The van der Waals surface area contributed by atoms with Gasteiger partial charge in [-0.2, -0.15) is 5.10 Å². The van der Waals surface area contributed by atoms with Gasteiger partial charge in [0.05, 0.1) is 6.54 Å². The Morgan fingerprint density at radius 1 is 1.10 bits per heavy atom. The smallest absolute Gasteiger partial charge is 0.129 e. The third-order valence-electron chi connectivity index (χ3n) is 3.17. The first-order chi connectivity index (χ1) is 10.3. The van der Waals surface area contributed by atoms with Crippen molar-refractivity contribution in [1.82, 2.24) is 19.7 Å². The molecule has 0 aliphatic rings. The molecular weight excluding hydrogens is 262 g/mol. The maximum atomic E-state index is 4.23. The van der Waals surface area contributed by atoms with Crippen LogP contribution in [-0.2, 0) is 13.1 Å². The predicted molar refractivity (Wildman–Crippen MR) is 81.9 cm³/mol. The number of nitrogens with one attached hydrogen (secondary N) is 1. The van der Waals surface area contributed by atoms with Crippen LogP contribution in [0.3, 0.4) is 0 Å². The van der Waals surface area contributed by atoms with Gasteiger partial charge in [0.15, 0.2) is 0 Å². The van der Waals surface area contributed by atoms with Crippen LogP contribution in [0.25, 0.3) is 0 Å². The van der Waals surface area contributed by atoms with Crippen LogP contribution in [0.1, 0.15) is 16.8 Å². The highest BCUT2D eigenvalue weighted by Gasteiger charge is 1.99. The van der Waals surface area contributed by atoms with E-state index in [0.717, 1.165) is 24.6 Å². The summed E-state index contributed by atoms with van der Waals surface area (Å²) in [5.41, 5.74) is 3.41. The lowest BCUT2D eigenvalue weighted by Gasteiger charge is -2.08. The molecule has 0 radical (unpaired) electrons. The molecule has 0 fully saturated rings. The average molecular weight is 279 g/mol. The van der Waals surface area contributed by atoms with Crippen LogP contribution in [-0.4, -0.2) is 19.7 Å². The minimum atomic E-state index is 0.739. The Morgan fingerprint density at radius 3 is 2.81 bits per heavy atom. The molecule has 21 heavy (non-hydrogen) atoms. The fourth-order valence-electron chi connectivity index (χ4n) is 2.16. The zero-order chi connectivity index (χ0) is 14.5. The lowest BCUT2D eigenvalue weighted by Crippen LogP contribution is -2.04. The molecule has 0 aliphatic heterocycles. The maximum absolute atomic E-state index is 4.23. The molecule has 2 aromatic heterocycles. The summed E-state index contributed by atoms with van der Waals surface area (Å²) in [5.74, 6) is 0.847. The van der Waals surface area contributed by atoms with E-state index in [-0.39, 0.29) is 0 Å². The van der Waals surface area contributed by atoms with Gasteiger partial charge in [0, 0.05) is 30.7 Å². The summed E-state index contributed by atoms with van der Waals surface area (Å²) in [6.07, 6.45) is 5.34. The first kappa shape index (κ1) is 13.3. The topological polar surface area (TPSA) is 55.6 Å². The van der Waals surface area contributed by atoms with Crippen molar-refractivity contribution in [1.29, 1.82) is 0 Å². The van der Waals surface area contributed by atoms with Crippen LogP contribution in [0.15, 0.2) is 55.1 Å². The van der Waals surface area contributed by atoms with Gasteiger partial charge in [-0.3, -0.25) is 4.68 Å². The first-order valence-corrected chi connectivity index (χ1v) is 6.87. The molecule has 0 unspecified atom stereocenters. The Bertz CT molecular complexity index is 706. The molecule has 2 heterocycles. The molecule has 0 aliphatic carbocycles. The zero-order valence-electron chi connectivity index (χ0n) is 11.9. The summed E-state index contributed by atoms with van der Waals surface area (Å²) >= 11 is 0. The summed E-state index contributed by atoms with van der Waals surface area (Å²) in [6.45, 7) is 3.48. The van der Waals surface area contributed by atoms with Crippen molar-refractivity contribution < 1.29 is 0 Å². The molecule has 0 bridgehead atoms. The van der Waals surface area contributed by atoms with Gasteiger partial charge in [0.2, 0.25) is 0 Å². The Kier molecular flexibility index (Phi) is 3.91. The van der Waals surface area contributed by atoms with E-state index in [1.54, 1.807) is 12.5 Å². The second-order valence-corrected chi connectivity index (χ2v) is 4.92. The third kappa shape index (κ3) is 3.66. The zero-order valence-corrected chi connectivity index (χ0v) is 11.9. The van der Waals surface area contributed by atoms with E-state index in [0.29, 0.717) is 0 Å². The van der Waals surface area contributed by atoms with Gasteiger partial charge in [0.1, 0.15) is 12.1 Å². The van der Waals surface area contributed by atoms with Crippen molar-refractivity contribution in [2.24, 2.45) is 0 Å². The number of hydrogen-bond donors (Lipinski definition) is 1. The fourth-order valence-corrected chi connectivity index (χ4v) is 2.16. The van der Waals surface area contributed by atoms with Crippen molar-refractivity contribution in [3.8, 4) is 0 Å². The molecule has 3 rings (SSSR count). The second-order valence-electron chi connectivity index (χ2n) is 4.92. The van der Waals surface area contributed by atoms with E-state index in [1.807, 2.05) is 29.9 Å². The highest BCUT2D eigenvalue weighted by atomic mass is 15.3. The van der Waals surface area contributed by atoms with Crippen molar-refractivity contribution in [3.05, 3.63) is 71.9 Å². The molecule has 1 N–H and O–H groups in total. The van der Waals surface area contributed by atoms with Gasteiger partial charge in [-0.1, -0.05) is 24.3 Å². The lowest BCUT2D eigenvalue weighted by atomic mass is 10.1. The minimum Gasteiger partial charge on any atom is -0.366 e. The maximum Gasteiger partial charge on any atom is 0.129 e. The largest absolute Gasteiger partial charge is 0.366 e. The quantitative estimate of drug-likeness (QED) is 0.780. The monoisotopic (exact) mass is 279 g/mol. The van der Waals surface area contributed by atoms with Gasteiger partial charge in [-0.25, -0.2) is 9.97 Å². The molecule has 3 aromatic rings. The predicted octanol–water partition coefficient (Wildman–Crippen LogP) is 2.64. The number of anilines is 1. The fraction of sp³-hybridized carbons (Fsp3) is 0.188. The molecule has 0 amide bonds. The Morgan fingerprint density at radius 2 is 2.00 bits per heavy atom. The van der Waals surface area contributed by atoms with E-state index in [9.17, 15) is 0 Å². The van der Waals surface area contributed by atoms with Crippen LogP contribution in [0.5, 0.6) is 0 Å². The standard InChI is InChI=1S/C16H17N5/c1-13-8-16(19-12-18-13)17-10-14-4-2-5-15(9-14)11-21-7-3-6-20-21/h2-9,12H,10-11H2,1H3,(H,17,18,19). The molecule has 1 aromatic carbocycles. The summed E-state index contributed by atoms with van der Waals surface area (Å²) in [6, 6.07) is 12.3. The van der Waals surface area contributed by atoms with Crippen molar-refractivity contribution >= 4 is 5.82 Å². The molecule has 5 heteroatoms. The van der Waals surface area contributed by atoms with Crippen molar-refractivity contribution in [2.75, 3.05) is 5.32 Å². The molecular formula is C16H17N5. The third-order valence-corrected chi connectivity index (χ3v) is 3.17. The number of rotatable bonds is 5. The molecule has 0 saturated heterocycles. The molecule has 0 spiro atoms. The summed E-state index contributed by atoms with van der Waals surface area (Å²) < 4.78 is 1.92. The van der Waals surface area contributed by atoms with Gasteiger partial charge < -0.3 is 5.32 Å². The number of hydrogen-bond acceptors (Lipinski definition) is 4. The van der Waals surface area contributed by atoms with Crippen LogP contribution in [0, 0.1) is 6.92 Å². The highest BCUT2D eigenvalue weighted by molar-refractivity contribution is 5.36. The molecule has 106 valence electrons. The van der Waals surface area contributed by atoms with Crippen LogP contribution >= 0.6 is 0 Å². The average Bonchev–Trinajstić information content (AvgIpc) is 2.99. The molecule has 5 nitrogen and oxygen atoms in total. The lowest BCUT2D eigenvalue weighted by molar-refractivity contribution is 0.686. The van der Waals surface area contributed by atoms with E-state index >= 15 is 0 Å². The van der Waals surface area contributed by atoms with Gasteiger partial charge in [-0.05, 0) is 24.1 Å². The SMILES string of the molecule is Cc1cc(NCc2cccc(Cn3cccn3)c2)ncn1. The van der Waals surface area contributed by atoms with E-state index in [4.69, 9.17) is 0 Å². The summed E-state index contributed by atoms with van der Waals surface area (Å²) in [7, 11) is 0. The number of aromatic nitrogens is 4. The van der Waals surface area contributed by atoms with Gasteiger partial charge >= 0.3 is 0 Å². The summed E-state index contributed by atoms with van der Waals surface area (Å²) in [5, 5.41) is 7.54. The van der Waals surface area contributed by atoms with Crippen LogP contribution in [0.2, 0.25) is 0 Å².